The summed E-state index contributed by atoms with van der Waals surface area (Å²) in [5.74, 6) is 0.240. The van der Waals surface area contributed by atoms with Crippen molar-refractivity contribution in [1.82, 2.24) is 10.3 Å². The molecule has 1 aromatic carbocycles. The molecule has 2 fully saturated rings. The van der Waals surface area contributed by atoms with E-state index in [0.717, 1.165) is 24.9 Å². The van der Waals surface area contributed by atoms with Crippen LogP contribution in [-0.4, -0.2) is 29.4 Å². The van der Waals surface area contributed by atoms with Gasteiger partial charge in [0, 0.05) is 40.5 Å². The van der Waals surface area contributed by atoms with Gasteiger partial charge in [-0.2, -0.15) is 0 Å². The average molecular weight is 529 g/mol. The number of carbonyl (C=O) groups is 2. The third kappa shape index (κ3) is 5.99. The molecule has 2 bridgehead atoms. The highest BCUT2D eigenvalue weighted by Gasteiger charge is 2.51. The Morgan fingerprint density at radius 2 is 1.92 bits per heavy atom. The van der Waals surface area contributed by atoms with E-state index in [2.05, 4.69) is 22.5 Å². The number of amides is 2. The largest absolute Gasteiger partial charge is 0.354 e. The van der Waals surface area contributed by atoms with Crippen LogP contribution in [-0.2, 0) is 15.0 Å². The second kappa shape index (κ2) is 10.7. The fraction of sp³-hybridized carbons (Fsp3) is 0.552. The van der Waals surface area contributed by atoms with Gasteiger partial charge in [-0.1, -0.05) is 45.4 Å². The Balaban J connectivity index is 1.43. The highest BCUT2D eigenvalue weighted by molar-refractivity contribution is 6.30. The van der Waals surface area contributed by atoms with Crippen LogP contribution in [0.25, 0.3) is 0 Å². The molecule has 0 saturated heterocycles. The summed E-state index contributed by atoms with van der Waals surface area (Å²) in [5, 5.41) is 6.37. The van der Waals surface area contributed by atoms with Crippen LogP contribution < -0.4 is 16.4 Å². The highest BCUT2D eigenvalue weighted by atomic mass is 35.5. The van der Waals surface area contributed by atoms with Gasteiger partial charge in [-0.3, -0.25) is 14.6 Å². The van der Waals surface area contributed by atoms with Crippen LogP contribution in [0.1, 0.15) is 58.9 Å². The van der Waals surface area contributed by atoms with E-state index in [-0.39, 0.29) is 36.1 Å². The van der Waals surface area contributed by atoms with Crippen LogP contribution in [0.2, 0.25) is 5.02 Å². The molecular weight excluding hydrogens is 491 g/mol. The number of pyridine rings is 1. The van der Waals surface area contributed by atoms with E-state index < -0.39 is 22.7 Å². The lowest BCUT2D eigenvalue weighted by molar-refractivity contribution is -0.133. The van der Waals surface area contributed by atoms with Crippen molar-refractivity contribution in [2.75, 3.05) is 11.9 Å². The Kier molecular flexibility index (Phi) is 7.96. The van der Waals surface area contributed by atoms with Crippen LogP contribution in [0.4, 0.5) is 10.1 Å². The number of hydrogen-bond donors (Lipinski definition) is 3. The van der Waals surface area contributed by atoms with Gasteiger partial charge >= 0.3 is 0 Å². The SMILES string of the molecule is CC1CC2CC(CC(C)(C(=O)Nc3ccncc3)C2)C1C(N)C(=O)NCC(C)(C)c1ccc(Cl)cc1F. The molecule has 2 aromatic rings. The molecule has 2 amide bonds. The van der Waals surface area contributed by atoms with Crippen LogP contribution in [0.3, 0.4) is 0 Å². The molecule has 1 aromatic heterocycles. The number of rotatable bonds is 7. The van der Waals surface area contributed by atoms with E-state index in [9.17, 15) is 14.0 Å². The lowest BCUT2D eigenvalue weighted by atomic mass is 9.54. The molecule has 6 atom stereocenters. The Morgan fingerprint density at radius 3 is 2.59 bits per heavy atom. The molecule has 0 radical (unpaired) electrons. The average Bonchev–Trinajstić information content (AvgIpc) is 2.82. The number of nitrogens with zero attached hydrogens (tertiary/aromatic N) is 1. The number of nitrogens with two attached hydrogens (primary N) is 1. The lowest BCUT2D eigenvalue weighted by Crippen LogP contribution is -2.56. The molecule has 37 heavy (non-hydrogen) atoms. The van der Waals surface area contributed by atoms with Gasteiger partial charge in [-0.25, -0.2) is 4.39 Å². The first-order valence-corrected chi connectivity index (χ1v) is 13.5. The van der Waals surface area contributed by atoms with Crippen molar-refractivity contribution in [2.24, 2.45) is 34.8 Å². The smallest absolute Gasteiger partial charge is 0.237 e. The Morgan fingerprint density at radius 1 is 1.22 bits per heavy atom. The van der Waals surface area contributed by atoms with Crippen LogP contribution >= 0.6 is 11.6 Å². The third-order valence-electron chi connectivity index (χ3n) is 8.56. The normalized spacial score (nSPS) is 28.3. The minimum absolute atomic E-state index is 0.00599. The molecule has 2 aliphatic carbocycles. The van der Waals surface area contributed by atoms with Crippen LogP contribution in [0.5, 0.6) is 0 Å². The number of anilines is 1. The monoisotopic (exact) mass is 528 g/mol. The second-order valence-electron chi connectivity index (χ2n) is 12.1. The van der Waals surface area contributed by atoms with Crippen LogP contribution in [0.15, 0.2) is 42.7 Å². The molecule has 0 spiro atoms. The van der Waals surface area contributed by atoms with Gasteiger partial charge in [0.25, 0.3) is 0 Å². The summed E-state index contributed by atoms with van der Waals surface area (Å²) in [6.45, 7) is 8.21. The number of fused-ring (bicyclic) bond motifs is 2. The molecule has 1 heterocycles. The number of hydrogen-bond acceptors (Lipinski definition) is 4. The number of aromatic nitrogens is 1. The molecule has 6 unspecified atom stereocenters. The van der Waals surface area contributed by atoms with Crippen molar-refractivity contribution in [3.63, 3.8) is 0 Å². The van der Waals surface area contributed by atoms with Crippen LogP contribution in [0, 0.1) is 34.9 Å². The van der Waals surface area contributed by atoms with Crippen molar-refractivity contribution in [3.05, 3.63) is 59.1 Å². The summed E-state index contributed by atoms with van der Waals surface area (Å²) < 4.78 is 14.5. The van der Waals surface area contributed by atoms with E-state index in [0.29, 0.717) is 22.9 Å². The second-order valence-corrected chi connectivity index (χ2v) is 12.5. The summed E-state index contributed by atoms with van der Waals surface area (Å²) in [6, 6.07) is 7.48. The first kappa shape index (κ1) is 27.5. The molecule has 0 aliphatic heterocycles. The van der Waals surface area contributed by atoms with E-state index in [1.807, 2.05) is 20.8 Å². The van der Waals surface area contributed by atoms with Crippen molar-refractivity contribution in [2.45, 2.75) is 64.8 Å². The predicted molar refractivity (Wildman–Crippen MR) is 144 cm³/mol. The summed E-state index contributed by atoms with van der Waals surface area (Å²) in [6.07, 6.45) is 6.77. The fourth-order valence-corrected chi connectivity index (χ4v) is 6.96. The topological polar surface area (TPSA) is 97.1 Å². The van der Waals surface area contributed by atoms with Crippen molar-refractivity contribution in [1.29, 1.82) is 0 Å². The lowest BCUT2D eigenvalue weighted by Gasteiger charge is -2.51. The minimum Gasteiger partial charge on any atom is -0.354 e. The number of benzene rings is 1. The molecule has 4 rings (SSSR count). The van der Waals surface area contributed by atoms with E-state index in [1.165, 1.54) is 6.07 Å². The molecular formula is C29H38ClFN4O2. The predicted octanol–water partition coefficient (Wildman–Crippen LogP) is 5.31. The number of nitrogens with one attached hydrogen (secondary N) is 2. The quantitative estimate of drug-likeness (QED) is 0.453. The van der Waals surface area contributed by atoms with Crippen molar-refractivity contribution < 1.29 is 14.0 Å². The molecule has 2 saturated carbocycles. The summed E-state index contributed by atoms with van der Waals surface area (Å²) in [5.41, 5.74) is 6.67. The van der Waals surface area contributed by atoms with Crippen molar-refractivity contribution in [3.8, 4) is 0 Å². The summed E-state index contributed by atoms with van der Waals surface area (Å²) in [4.78, 5) is 30.6. The third-order valence-corrected chi connectivity index (χ3v) is 8.80. The summed E-state index contributed by atoms with van der Waals surface area (Å²) >= 11 is 5.90. The van der Waals surface area contributed by atoms with Crippen molar-refractivity contribution >= 4 is 29.1 Å². The molecule has 6 nitrogen and oxygen atoms in total. The Hall–Kier alpha value is -2.51. The van der Waals surface area contributed by atoms with Gasteiger partial charge in [0.1, 0.15) is 5.82 Å². The highest BCUT2D eigenvalue weighted by Crippen LogP contribution is 2.53. The summed E-state index contributed by atoms with van der Waals surface area (Å²) in [7, 11) is 0. The first-order chi connectivity index (χ1) is 17.4. The van der Waals surface area contributed by atoms with Gasteiger partial charge in [-0.05, 0) is 79.2 Å². The molecule has 4 N–H and O–H groups in total. The van der Waals surface area contributed by atoms with Gasteiger partial charge in [0.05, 0.1) is 6.04 Å². The minimum atomic E-state index is -0.697. The number of carbonyl (C=O) groups excluding carboxylic acids is 2. The fourth-order valence-electron chi connectivity index (χ4n) is 6.80. The maximum Gasteiger partial charge on any atom is 0.237 e. The Labute approximate surface area is 223 Å². The van der Waals surface area contributed by atoms with Gasteiger partial charge in [-0.15, -0.1) is 0 Å². The zero-order chi connectivity index (χ0) is 27.0. The van der Waals surface area contributed by atoms with E-state index in [1.54, 1.807) is 36.7 Å². The molecule has 2 aliphatic rings. The Bertz CT molecular complexity index is 1140. The maximum atomic E-state index is 14.5. The first-order valence-electron chi connectivity index (χ1n) is 13.1. The molecule has 200 valence electrons. The standard InChI is InChI=1S/C29H38ClFN4O2/c1-17-11-18-12-19(15-29(4,14-18)27(37)35-21-7-9-33-10-8-21)24(17)25(32)26(36)34-16-28(2,3)22-6-5-20(30)13-23(22)31/h5-10,13,17-19,24-25H,11-12,14-16,32H2,1-4H3,(H,34,36)(H,33,35,37). The van der Waals surface area contributed by atoms with E-state index >= 15 is 0 Å². The molecule has 8 heteroatoms. The van der Waals surface area contributed by atoms with Gasteiger partial charge in [0.15, 0.2) is 0 Å². The number of halogens is 2. The zero-order valence-electron chi connectivity index (χ0n) is 22.1. The maximum absolute atomic E-state index is 14.5. The zero-order valence-corrected chi connectivity index (χ0v) is 22.8. The van der Waals surface area contributed by atoms with Gasteiger partial charge in [0.2, 0.25) is 11.8 Å². The van der Waals surface area contributed by atoms with E-state index in [4.69, 9.17) is 17.3 Å². The van der Waals surface area contributed by atoms with Gasteiger partial charge < -0.3 is 16.4 Å².